The van der Waals surface area contributed by atoms with Crippen molar-refractivity contribution in [2.45, 2.75) is 44.8 Å². The van der Waals surface area contributed by atoms with Crippen molar-refractivity contribution >= 4 is 11.6 Å². The maximum Gasteiger partial charge on any atom is 0.241 e. The molecule has 3 N–H and O–H groups in total. The maximum atomic E-state index is 12.2. The van der Waals surface area contributed by atoms with Gasteiger partial charge in [0.2, 0.25) is 5.91 Å². The van der Waals surface area contributed by atoms with Crippen LogP contribution in [0.1, 0.15) is 31.7 Å². The van der Waals surface area contributed by atoms with Gasteiger partial charge in [-0.15, -0.1) is 0 Å². The molecule has 0 aromatic heterocycles. The molecule has 0 heterocycles. The summed E-state index contributed by atoms with van der Waals surface area (Å²) >= 11 is 0. The highest BCUT2D eigenvalue weighted by molar-refractivity contribution is 5.94. The van der Waals surface area contributed by atoms with Gasteiger partial charge in [-0.25, -0.2) is 0 Å². The van der Waals surface area contributed by atoms with Crippen molar-refractivity contribution in [2.75, 3.05) is 12.4 Å². The van der Waals surface area contributed by atoms with Crippen molar-refractivity contribution in [3.05, 3.63) is 29.8 Å². The van der Waals surface area contributed by atoms with Gasteiger partial charge in [-0.2, -0.15) is 0 Å². The summed E-state index contributed by atoms with van der Waals surface area (Å²) in [6.45, 7) is 2.45. The molecular weight excluding hydrogens is 238 g/mol. The van der Waals surface area contributed by atoms with E-state index in [9.17, 15) is 4.79 Å². The summed E-state index contributed by atoms with van der Waals surface area (Å²) in [5.41, 5.74) is 7.45. The minimum Gasteiger partial charge on any atom is -0.326 e. The molecule has 1 aliphatic rings. The van der Waals surface area contributed by atoms with Crippen LogP contribution in [0.25, 0.3) is 0 Å². The second kappa shape index (κ2) is 6.17. The monoisotopic (exact) mass is 261 g/mol. The smallest absolute Gasteiger partial charge is 0.241 e. The summed E-state index contributed by atoms with van der Waals surface area (Å²) in [5.74, 6) is 0.0450. The zero-order valence-corrected chi connectivity index (χ0v) is 11.7. The van der Waals surface area contributed by atoms with Crippen molar-refractivity contribution in [2.24, 2.45) is 5.73 Å². The number of rotatable bonds is 5. The Morgan fingerprint density at radius 1 is 1.53 bits per heavy atom. The van der Waals surface area contributed by atoms with Gasteiger partial charge in [0.25, 0.3) is 0 Å². The molecule has 0 spiro atoms. The largest absolute Gasteiger partial charge is 0.326 e. The van der Waals surface area contributed by atoms with E-state index < -0.39 is 0 Å². The van der Waals surface area contributed by atoms with Gasteiger partial charge < -0.3 is 11.1 Å². The average Bonchev–Trinajstić information content (AvgIpc) is 2.35. The van der Waals surface area contributed by atoms with Gasteiger partial charge in [0.05, 0.1) is 6.04 Å². The van der Waals surface area contributed by atoms with Crippen LogP contribution in [0, 0.1) is 0 Å². The molecule has 0 saturated heterocycles. The number of likely N-dealkylation sites (N-methyl/N-ethyl adjacent to an activating group) is 1. The Balaban J connectivity index is 1.95. The Morgan fingerprint density at radius 3 is 2.84 bits per heavy atom. The van der Waals surface area contributed by atoms with E-state index in [0.717, 1.165) is 11.3 Å². The Hall–Kier alpha value is -1.39. The molecule has 1 fully saturated rings. The molecule has 1 saturated carbocycles. The Bertz CT molecular complexity index is 443. The highest BCUT2D eigenvalue weighted by atomic mass is 16.2. The van der Waals surface area contributed by atoms with Crippen LogP contribution in [-0.4, -0.2) is 29.9 Å². The number of nitrogens with zero attached hydrogens (tertiary/aromatic N) is 1. The first-order valence-corrected chi connectivity index (χ1v) is 6.93. The molecule has 0 bridgehead atoms. The molecular formula is C15H23N3O. The molecule has 1 atom stereocenters. The highest BCUT2D eigenvalue weighted by Crippen LogP contribution is 2.25. The van der Waals surface area contributed by atoms with E-state index in [4.69, 9.17) is 5.73 Å². The summed E-state index contributed by atoms with van der Waals surface area (Å²) in [7, 11) is 2.03. The molecule has 1 aliphatic carbocycles. The quantitative estimate of drug-likeness (QED) is 0.852. The van der Waals surface area contributed by atoms with Gasteiger partial charge in [-0.1, -0.05) is 18.6 Å². The number of nitrogens with two attached hydrogens (primary N) is 1. The van der Waals surface area contributed by atoms with E-state index >= 15 is 0 Å². The van der Waals surface area contributed by atoms with Crippen LogP contribution in [0.15, 0.2) is 24.3 Å². The standard InChI is InChI=1S/C15H23N3O/c1-11(18(2)14-7-4-8-14)15(19)17-13-6-3-5-12(9-13)10-16/h3,5-6,9,11,14H,4,7-8,10,16H2,1-2H3,(H,17,19). The van der Waals surface area contributed by atoms with Crippen LogP contribution in [-0.2, 0) is 11.3 Å². The lowest BCUT2D eigenvalue weighted by atomic mass is 9.91. The lowest BCUT2D eigenvalue weighted by Gasteiger charge is -2.37. The molecule has 19 heavy (non-hydrogen) atoms. The van der Waals surface area contributed by atoms with E-state index in [1.165, 1.54) is 19.3 Å². The molecule has 2 rings (SSSR count). The van der Waals surface area contributed by atoms with Crippen LogP contribution < -0.4 is 11.1 Å². The molecule has 4 nitrogen and oxygen atoms in total. The van der Waals surface area contributed by atoms with Gasteiger partial charge in [-0.05, 0) is 44.5 Å². The SMILES string of the molecule is CC(C(=O)Nc1cccc(CN)c1)N(C)C1CCC1. The minimum absolute atomic E-state index is 0.0450. The Morgan fingerprint density at radius 2 is 2.26 bits per heavy atom. The van der Waals surface area contributed by atoms with Crippen LogP contribution in [0.5, 0.6) is 0 Å². The number of amides is 1. The molecule has 0 radical (unpaired) electrons. The molecule has 1 aromatic carbocycles. The summed E-state index contributed by atoms with van der Waals surface area (Å²) in [5, 5.41) is 2.96. The summed E-state index contributed by atoms with van der Waals surface area (Å²) in [6, 6.07) is 8.15. The minimum atomic E-state index is -0.105. The topological polar surface area (TPSA) is 58.4 Å². The lowest BCUT2D eigenvalue weighted by molar-refractivity contribution is -0.121. The van der Waals surface area contributed by atoms with Gasteiger partial charge in [0, 0.05) is 18.3 Å². The highest BCUT2D eigenvalue weighted by Gasteiger charge is 2.28. The number of hydrogen-bond acceptors (Lipinski definition) is 3. The number of nitrogens with one attached hydrogen (secondary N) is 1. The second-order valence-electron chi connectivity index (χ2n) is 5.32. The molecule has 0 aliphatic heterocycles. The predicted molar refractivity (Wildman–Crippen MR) is 77.8 cm³/mol. The van der Waals surface area contributed by atoms with Crippen LogP contribution in [0.3, 0.4) is 0 Å². The third-order valence-corrected chi connectivity index (χ3v) is 4.07. The Labute approximate surface area is 115 Å². The fourth-order valence-corrected chi connectivity index (χ4v) is 2.32. The van der Waals surface area contributed by atoms with E-state index in [1.807, 2.05) is 38.2 Å². The zero-order chi connectivity index (χ0) is 13.8. The van der Waals surface area contributed by atoms with E-state index in [0.29, 0.717) is 12.6 Å². The van der Waals surface area contributed by atoms with Gasteiger partial charge >= 0.3 is 0 Å². The number of carbonyl (C=O) groups is 1. The first-order valence-electron chi connectivity index (χ1n) is 6.93. The van der Waals surface area contributed by atoms with Crippen molar-refractivity contribution < 1.29 is 4.79 Å². The first kappa shape index (κ1) is 14.0. The van der Waals surface area contributed by atoms with Crippen molar-refractivity contribution in [3.8, 4) is 0 Å². The summed E-state index contributed by atoms with van der Waals surface area (Å²) < 4.78 is 0. The van der Waals surface area contributed by atoms with Gasteiger partial charge in [-0.3, -0.25) is 9.69 Å². The normalized spacial score (nSPS) is 17.1. The lowest BCUT2D eigenvalue weighted by Crippen LogP contribution is -2.47. The molecule has 104 valence electrons. The second-order valence-corrected chi connectivity index (χ2v) is 5.32. The number of benzene rings is 1. The van der Waals surface area contributed by atoms with Crippen LogP contribution >= 0.6 is 0 Å². The van der Waals surface area contributed by atoms with E-state index in [1.54, 1.807) is 0 Å². The average molecular weight is 261 g/mol. The molecule has 1 amide bonds. The molecule has 4 heteroatoms. The molecule has 1 aromatic rings. The van der Waals surface area contributed by atoms with Gasteiger partial charge in [0.1, 0.15) is 0 Å². The zero-order valence-electron chi connectivity index (χ0n) is 11.7. The summed E-state index contributed by atoms with van der Waals surface area (Å²) in [6.07, 6.45) is 3.69. The number of carbonyl (C=O) groups excluding carboxylic acids is 1. The van der Waals surface area contributed by atoms with Crippen molar-refractivity contribution in [1.82, 2.24) is 4.90 Å². The maximum absolute atomic E-state index is 12.2. The fraction of sp³-hybridized carbons (Fsp3) is 0.533. The first-order chi connectivity index (χ1) is 9.11. The predicted octanol–water partition coefficient (Wildman–Crippen LogP) is 1.96. The third-order valence-electron chi connectivity index (χ3n) is 4.07. The van der Waals surface area contributed by atoms with E-state index in [2.05, 4.69) is 10.2 Å². The van der Waals surface area contributed by atoms with Crippen LogP contribution in [0.2, 0.25) is 0 Å². The molecule has 1 unspecified atom stereocenters. The van der Waals surface area contributed by atoms with E-state index in [-0.39, 0.29) is 11.9 Å². The summed E-state index contributed by atoms with van der Waals surface area (Å²) in [4.78, 5) is 14.4. The Kier molecular flexibility index (Phi) is 4.56. The fourth-order valence-electron chi connectivity index (χ4n) is 2.32. The van der Waals surface area contributed by atoms with Crippen LogP contribution in [0.4, 0.5) is 5.69 Å². The number of anilines is 1. The number of hydrogen-bond donors (Lipinski definition) is 2. The van der Waals surface area contributed by atoms with Crippen molar-refractivity contribution in [1.29, 1.82) is 0 Å². The van der Waals surface area contributed by atoms with Gasteiger partial charge in [0.15, 0.2) is 0 Å². The van der Waals surface area contributed by atoms with Crippen molar-refractivity contribution in [3.63, 3.8) is 0 Å². The third kappa shape index (κ3) is 3.33.